The van der Waals surface area contributed by atoms with E-state index in [0.717, 1.165) is 32.2 Å². The van der Waals surface area contributed by atoms with Crippen LogP contribution in [0.4, 0.5) is 0 Å². The van der Waals surface area contributed by atoms with Gasteiger partial charge in [0.1, 0.15) is 0 Å². The molecule has 2 rings (SSSR count). The molecule has 0 bridgehead atoms. The first-order valence-electron chi connectivity index (χ1n) is 9.97. The number of nitrogens with one attached hydrogen (secondary N) is 1. The van der Waals surface area contributed by atoms with Gasteiger partial charge in [-0.3, -0.25) is 4.99 Å². The third kappa shape index (κ3) is 8.71. The molecular weight excluding hydrogens is 443 g/mol. The predicted molar refractivity (Wildman–Crippen MR) is 119 cm³/mol. The van der Waals surface area contributed by atoms with E-state index >= 15 is 0 Å². The summed E-state index contributed by atoms with van der Waals surface area (Å²) in [5.74, 6) is 2.29. The van der Waals surface area contributed by atoms with Gasteiger partial charge in [-0.05, 0) is 38.3 Å². The summed E-state index contributed by atoms with van der Waals surface area (Å²) in [6, 6.07) is 0. The molecule has 7 heteroatoms. The fourth-order valence-electron chi connectivity index (χ4n) is 3.80. The summed E-state index contributed by atoms with van der Waals surface area (Å²) >= 11 is 0. The van der Waals surface area contributed by atoms with E-state index in [1.165, 1.54) is 45.3 Å². The number of halogens is 1. The highest BCUT2D eigenvalue weighted by Gasteiger charge is 2.25. The standard InChI is InChI=1S/C19H38N4O2.HI/c1-17(14-22-8-5-4-6-9-22)13-21-19(20-2)23-10-7-18(15-23)16-25-12-11-24-3;/h17-18H,4-16H2,1-3H3,(H,20,21);1H. The van der Waals surface area contributed by atoms with E-state index in [9.17, 15) is 0 Å². The first-order chi connectivity index (χ1) is 12.2. The van der Waals surface area contributed by atoms with Crippen LogP contribution in [-0.2, 0) is 9.47 Å². The molecule has 2 unspecified atom stereocenters. The van der Waals surface area contributed by atoms with Crippen molar-refractivity contribution < 1.29 is 9.47 Å². The van der Waals surface area contributed by atoms with Gasteiger partial charge in [0.2, 0.25) is 0 Å². The molecule has 0 radical (unpaired) electrons. The third-order valence-electron chi connectivity index (χ3n) is 5.21. The van der Waals surface area contributed by atoms with Crippen molar-refractivity contribution in [1.82, 2.24) is 15.1 Å². The van der Waals surface area contributed by atoms with Gasteiger partial charge in [0, 0.05) is 46.3 Å². The molecule has 154 valence electrons. The molecule has 0 aliphatic carbocycles. The quantitative estimate of drug-likeness (QED) is 0.237. The van der Waals surface area contributed by atoms with Gasteiger partial charge < -0.3 is 24.6 Å². The van der Waals surface area contributed by atoms with Crippen LogP contribution in [0.2, 0.25) is 0 Å². The van der Waals surface area contributed by atoms with E-state index < -0.39 is 0 Å². The van der Waals surface area contributed by atoms with Gasteiger partial charge >= 0.3 is 0 Å². The molecule has 0 aromatic rings. The molecule has 2 fully saturated rings. The smallest absolute Gasteiger partial charge is 0.193 e. The second-order valence-electron chi connectivity index (χ2n) is 7.56. The van der Waals surface area contributed by atoms with Crippen molar-refractivity contribution in [1.29, 1.82) is 0 Å². The van der Waals surface area contributed by atoms with Crippen LogP contribution in [0.25, 0.3) is 0 Å². The highest BCUT2D eigenvalue weighted by atomic mass is 127. The van der Waals surface area contributed by atoms with Gasteiger partial charge in [0.15, 0.2) is 5.96 Å². The number of guanidine groups is 1. The fourth-order valence-corrected chi connectivity index (χ4v) is 3.80. The lowest BCUT2D eigenvalue weighted by Crippen LogP contribution is -2.44. The van der Waals surface area contributed by atoms with Crippen molar-refractivity contribution in [2.45, 2.75) is 32.6 Å². The molecule has 1 N–H and O–H groups in total. The Morgan fingerprint density at radius 2 is 1.96 bits per heavy atom. The minimum absolute atomic E-state index is 0. The van der Waals surface area contributed by atoms with Crippen LogP contribution in [0.15, 0.2) is 4.99 Å². The van der Waals surface area contributed by atoms with Gasteiger partial charge in [-0.25, -0.2) is 0 Å². The van der Waals surface area contributed by atoms with Crippen LogP contribution in [0, 0.1) is 11.8 Å². The molecular formula is C19H39IN4O2. The lowest BCUT2D eigenvalue weighted by atomic mass is 10.1. The highest BCUT2D eigenvalue weighted by Crippen LogP contribution is 2.17. The number of hydrogen-bond donors (Lipinski definition) is 1. The Morgan fingerprint density at radius 1 is 1.19 bits per heavy atom. The van der Waals surface area contributed by atoms with Crippen molar-refractivity contribution in [3.05, 3.63) is 0 Å². The Labute approximate surface area is 177 Å². The molecule has 2 aliphatic heterocycles. The van der Waals surface area contributed by atoms with Crippen LogP contribution < -0.4 is 5.32 Å². The molecule has 0 saturated carbocycles. The van der Waals surface area contributed by atoms with Crippen LogP contribution >= 0.6 is 24.0 Å². The topological polar surface area (TPSA) is 49.3 Å². The number of hydrogen-bond acceptors (Lipinski definition) is 4. The van der Waals surface area contributed by atoms with Crippen LogP contribution in [0.3, 0.4) is 0 Å². The van der Waals surface area contributed by atoms with Gasteiger partial charge in [-0.15, -0.1) is 24.0 Å². The first-order valence-corrected chi connectivity index (χ1v) is 9.97. The van der Waals surface area contributed by atoms with E-state index in [1.807, 2.05) is 7.05 Å². The molecule has 2 aliphatic rings. The average Bonchev–Trinajstić information content (AvgIpc) is 3.09. The van der Waals surface area contributed by atoms with E-state index in [-0.39, 0.29) is 24.0 Å². The molecule has 0 aromatic carbocycles. The molecule has 2 heterocycles. The maximum absolute atomic E-state index is 5.68. The Morgan fingerprint density at radius 3 is 2.65 bits per heavy atom. The second kappa shape index (κ2) is 14.0. The molecule has 2 saturated heterocycles. The maximum atomic E-state index is 5.68. The Bertz CT molecular complexity index is 392. The van der Waals surface area contributed by atoms with Crippen molar-refractivity contribution in [3.8, 4) is 0 Å². The number of nitrogens with zero attached hydrogens (tertiary/aromatic N) is 3. The molecule has 6 nitrogen and oxygen atoms in total. The van der Waals surface area contributed by atoms with Gasteiger partial charge in [0.25, 0.3) is 0 Å². The zero-order valence-corrected chi connectivity index (χ0v) is 19.2. The Kier molecular flexibility index (Phi) is 12.8. The van der Waals surface area contributed by atoms with Crippen molar-refractivity contribution >= 4 is 29.9 Å². The van der Waals surface area contributed by atoms with E-state index in [2.05, 4.69) is 27.0 Å². The van der Waals surface area contributed by atoms with Crippen LogP contribution in [0.1, 0.15) is 32.6 Å². The van der Waals surface area contributed by atoms with E-state index in [4.69, 9.17) is 9.47 Å². The minimum Gasteiger partial charge on any atom is -0.382 e. The number of aliphatic imine (C=N–C) groups is 1. The summed E-state index contributed by atoms with van der Waals surface area (Å²) in [4.78, 5) is 9.48. The molecule has 0 amide bonds. The normalized spacial score (nSPS) is 23.0. The van der Waals surface area contributed by atoms with Crippen molar-refractivity contribution in [2.75, 3.05) is 73.2 Å². The zero-order valence-electron chi connectivity index (χ0n) is 16.9. The summed E-state index contributed by atoms with van der Waals surface area (Å²) in [5.41, 5.74) is 0. The SMILES string of the molecule is CN=C(NCC(C)CN1CCCCC1)N1CCC(COCCOC)C1.I. The van der Waals surface area contributed by atoms with E-state index in [1.54, 1.807) is 7.11 Å². The van der Waals surface area contributed by atoms with Gasteiger partial charge in [-0.1, -0.05) is 13.3 Å². The molecule has 2 atom stereocenters. The maximum Gasteiger partial charge on any atom is 0.193 e. The molecule has 0 aromatic heterocycles. The lowest BCUT2D eigenvalue weighted by molar-refractivity contribution is 0.0536. The van der Waals surface area contributed by atoms with Crippen molar-refractivity contribution in [3.63, 3.8) is 0 Å². The van der Waals surface area contributed by atoms with Crippen molar-refractivity contribution in [2.24, 2.45) is 16.8 Å². The fraction of sp³-hybridized carbons (Fsp3) is 0.947. The Hall–Kier alpha value is -0.120. The zero-order chi connectivity index (χ0) is 17.9. The molecule has 0 spiro atoms. The number of ether oxygens (including phenoxy) is 2. The van der Waals surface area contributed by atoms with E-state index in [0.29, 0.717) is 25.0 Å². The minimum atomic E-state index is 0. The van der Waals surface area contributed by atoms with Crippen LogP contribution in [-0.4, -0.2) is 89.0 Å². The summed E-state index contributed by atoms with van der Waals surface area (Å²) in [7, 11) is 3.60. The average molecular weight is 482 g/mol. The largest absolute Gasteiger partial charge is 0.382 e. The van der Waals surface area contributed by atoms with Gasteiger partial charge in [-0.2, -0.15) is 0 Å². The monoisotopic (exact) mass is 482 g/mol. The summed E-state index contributed by atoms with van der Waals surface area (Å²) in [6.07, 6.45) is 5.31. The molecule has 26 heavy (non-hydrogen) atoms. The number of piperidine rings is 1. The summed E-state index contributed by atoms with van der Waals surface area (Å²) < 4.78 is 10.7. The summed E-state index contributed by atoms with van der Waals surface area (Å²) in [5, 5.41) is 3.59. The van der Waals surface area contributed by atoms with Gasteiger partial charge in [0.05, 0.1) is 19.8 Å². The second-order valence-corrected chi connectivity index (χ2v) is 7.56. The Balaban J connectivity index is 0.00000338. The number of likely N-dealkylation sites (tertiary alicyclic amines) is 2. The predicted octanol–water partition coefficient (Wildman–Crippen LogP) is 2.29. The number of rotatable bonds is 9. The number of methoxy groups -OCH3 is 1. The summed E-state index contributed by atoms with van der Waals surface area (Å²) in [6.45, 7) is 11.4. The lowest BCUT2D eigenvalue weighted by Gasteiger charge is -2.30. The highest BCUT2D eigenvalue weighted by molar-refractivity contribution is 14.0. The van der Waals surface area contributed by atoms with Crippen LogP contribution in [0.5, 0.6) is 0 Å². The third-order valence-corrected chi connectivity index (χ3v) is 5.21. The first kappa shape index (κ1) is 23.9.